The van der Waals surface area contributed by atoms with Crippen LogP contribution in [-0.4, -0.2) is 54.4 Å². The summed E-state index contributed by atoms with van der Waals surface area (Å²) in [5.74, 6) is -0.701. The quantitative estimate of drug-likeness (QED) is 0.464. The number of hydrogen-bond acceptors (Lipinski definition) is 5. The Bertz CT molecular complexity index is 907. The molecule has 0 spiro atoms. The molecule has 0 saturated heterocycles. The number of Topliss-reactive ketones (excluding diaryl/α,β-unsaturated/α-hetero) is 1. The third-order valence-corrected chi connectivity index (χ3v) is 5.35. The largest absolute Gasteiger partial charge is 0.336 e. The Morgan fingerprint density at radius 2 is 1.79 bits per heavy atom. The van der Waals surface area contributed by atoms with Gasteiger partial charge in [-0.1, -0.05) is 18.2 Å². The van der Waals surface area contributed by atoms with Gasteiger partial charge < -0.3 is 9.80 Å². The Balaban J connectivity index is 2.06. The minimum absolute atomic E-state index is 0.0973. The third-order valence-electron chi connectivity index (χ3n) is 4.32. The molecule has 5 nitrogen and oxygen atoms in total. The normalized spacial score (nSPS) is 10.6. The van der Waals surface area contributed by atoms with Crippen LogP contribution in [0.4, 0.5) is 4.39 Å². The van der Waals surface area contributed by atoms with Gasteiger partial charge in [-0.2, -0.15) is 5.26 Å². The van der Waals surface area contributed by atoms with Gasteiger partial charge in [-0.15, -0.1) is 11.8 Å². The molecule has 7 heteroatoms. The summed E-state index contributed by atoms with van der Waals surface area (Å²) in [5, 5.41) is 8.92. The van der Waals surface area contributed by atoms with Gasteiger partial charge in [-0.05, 0) is 50.8 Å². The lowest BCUT2D eigenvalue weighted by Gasteiger charge is -2.24. The summed E-state index contributed by atoms with van der Waals surface area (Å²) < 4.78 is 14.2. The molecule has 2 aromatic rings. The minimum atomic E-state index is -0.498. The summed E-state index contributed by atoms with van der Waals surface area (Å²) in [6.45, 7) is 3.05. The highest BCUT2D eigenvalue weighted by molar-refractivity contribution is 8.00. The van der Waals surface area contributed by atoms with E-state index in [2.05, 4.69) is 6.07 Å². The van der Waals surface area contributed by atoms with Crippen LogP contribution in [0.15, 0.2) is 47.4 Å². The number of halogens is 1. The maximum atomic E-state index is 14.2. The fourth-order valence-electron chi connectivity index (χ4n) is 2.59. The molecule has 0 radical (unpaired) electrons. The van der Waals surface area contributed by atoms with Crippen LogP contribution in [0.3, 0.4) is 0 Å². The summed E-state index contributed by atoms with van der Waals surface area (Å²) >= 11 is 1.12. The van der Waals surface area contributed by atoms with Crippen molar-refractivity contribution in [1.29, 1.82) is 5.26 Å². The first-order valence-corrected chi connectivity index (χ1v) is 10.1. The second-order valence-electron chi connectivity index (χ2n) is 6.92. The van der Waals surface area contributed by atoms with Crippen LogP contribution in [-0.2, 0) is 11.3 Å². The van der Waals surface area contributed by atoms with Gasteiger partial charge >= 0.3 is 0 Å². The van der Waals surface area contributed by atoms with Crippen molar-refractivity contribution in [2.24, 2.45) is 0 Å². The van der Waals surface area contributed by atoms with E-state index >= 15 is 0 Å². The first-order chi connectivity index (χ1) is 13.8. The highest BCUT2D eigenvalue weighted by atomic mass is 32.2. The molecule has 0 heterocycles. The van der Waals surface area contributed by atoms with Crippen molar-refractivity contribution in [2.75, 3.05) is 32.9 Å². The summed E-state index contributed by atoms with van der Waals surface area (Å²) in [6.07, 6.45) is 0. The average Bonchev–Trinajstić information content (AvgIpc) is 2.70. The molecule has 0 aromatic heterocycles. The zero-order chi connectivity index (χ0) is 21.4. The number of carbonyl (C=O) groups excluding carboxylic acids is 2. The number of hydrogen-bond donors (Lipinski definition) is 0. The predicted molar refractivity (Wildman–Crippen MR) is 112 cm³/mol. The Morgan fingerprint density at radius 1 is 1.10 bits per heavy atom. The molecule has 1 amide bonds. The zero-order valence-corrected chi connectivity index (χ0v) is 17.6. The van der Waals surface area contributed by atoms with E-state index in [0.717, 1.165) is 17.3 Å². The van der Waals surface area contributed by atoms with E-state index in [-0.39, 0.29) is 17.4 Å². The maximum absolute atomic E-state index is 14.2. The number of amides is 1. The Labute approximate surface area is 175 Å². The van der Waals surface area contributed by atoms with Crippen LogP contribution >= 0.6 is 11.8 Å². The van der Waals surface area contributed by atoms with Crippen LogP contribution in [0.1, 0.15) is 28.4 Å². The molecule has 29 heavy (non-hydrogen) atoms. The molecular formula is C22H24FN3O2S. The van der Waals surface area contributed by atoms with Crippen molar-refractivity contribution in [3.05, 3.63) is 65.0 Å². The van der Waals surface area contributed by atoms with Crippen molar-refractivity contribution in [3.63, 3.8) is 0 Å². The summed E-state index contributed by atoms with van der Waals surface area (Å²) in [4.78, 5) is 28.2. The number of nitrogens with zero attached hydrogens (tertiary/aromatic N) is 3. The van der Waals surface area contributed by atoms with Gasteiger partial charge in [0.2, 0.25) is 5.91 Å². The molecule has 0 saturated carbocycles. The van der Waals surface area contributed by atoms with E-state index in [0.29, 0.717) is 35.7 Å². The van der Waals surface area contributed by atoms with Crippen molar-refractivity contribution in [1.82, 2.24) is 9.80 Å². The van der Waals surface area contributed by atoms with Crippen LogP contribution < -0.4 is 0 Å². The van der Waals surface area contributed by atoms with E-state index in [1.807, 2.05) is 31.1 Å². The molecule has 2 aromatic carbocycles. The molecule has 2 rings (SSSR count). The fourth-order valence-corrected chi connectivity index (χ4v) is 3.41. The minimum Gasteiger partial charge on any atom is -0.336 e. The third kappa shape index (κ3) is 7.00. The number of thioether (sulfide) groups is 1. The van der Waals surface area contributed by atoms with E-state index in [1.165, 1.54) is 19.1 Å². The maximum Gasteiger partial charge on any atom is 0.233 e. The molecule has 0 aliphatic heterocycles. The van der Waals surface area contributed by atoms with Gasteiger partial charge in [-0.25, -0.2) is 4.39 Å². The van der Waals surface area contributed by atoms with Crippen molar-refractivity contribution < 1.29 is 14.0 Å². The Morgan fingerprint density at radius 3 is 2.34 bits per heavy atom. The van der Waals surface area contributed by atoms with Gasteiger partial charge in [0.05, 0.1) is 17.4 Å². The second-order valence-corrected chi connectivity index (χ2v) is 7.93. The zero-order valence-electron chi connectivity index (χ0n) is 16.8. The van der Waals surface area contributed by atoms with Crippen LogP contribution in [0.25, 0.3) is 0 Å². The molecule has 0 N–H and O–H groups in total. The van der Waals surface area contributed by atoms with Crippen molar-refractivity contribution in [3.8, 4) is 6.07 Å². The Hall–Kier alpha value is -2.69. The average molecular weight is 414 g/mol. The van der Waals surface area contributed by atoms with E-state index in [1.54, 1.807) is 23.1 Å². The molecule has 0 fully saturated rings. The smallest absolute Gasteiger partial charge is 0.233 e. The molecule has 0 unspecified atom stereocenters. The first kappa shape index (κ1) is 22.6. The van der Waals surface area contributed by atoms with Crippen LogP contribution in [0.2, 0.25) is 0 Å². The standard InChI is InChI=1S/C22H24FN3O2S/c1-16(27)19-8-9-21(20(23)12-19)29-15-22(28)26(11-10-25(2)3)14-18-6-4-17(13-24)5-7-18/h4-9,12H,10-11,14-15H2,1-3H3. The number of ketones is 1. The van der Waals surface area contributed by atoms with Crippen LogP contribution in [0.5, 0.6) is 0 Å². The molecule has 0 aliphatic carbocycles. The monoisotopic (exact) mass is 413 g/mol. The van der Waals surface area contributed by atoms with Crippen molar-refractivity contribution in [2.45, 2.75) is 18.4 Å². The van der Waals surface area contributed by atoms with E-state index in [4.69, 9.17) is 5.26 Å². The molecule has 0 atom stereocenters. The topological polar surface area (TPSA) is 64.4 Å². The number of likely N-dealkylation sites (N-methyl/N-ethyl adjacent to an activating group) is 1. The Kier molecular flexibility index (Phi) is 8.37. The van der Waals surface area contributed by atoms with E-state index in [9.17, 15) is 14.0 Å². The highest BCUT2D eigenvalue weighted by Crippen LogP contribution is 2.23. The van der Waals surface area contributed by atoms with Gasteiger partial charge in [0.25, 0.3) is 0 Å². The second kappa shape index (κ2) is 10.7. The van der Waals surface area contributed by atoms with E-state index < -0.39 is 5.82 Å². The van der Waals surface area contributed by atoms with Crippen molar-refractivity contribution >= 4 is 23.5 Å². The highest BCUT2D eigenvalue weighted by Gasteiger charge is 2.16. The lowest BCUT2D eigenvalue weighted by atomic mass is 10.1. The first-order valence-electron chi connectivity index (χ1n) is 9.15. The molecule has 0 aliphatic rings. The van der Waals surface area contributed by atoms with Gasteiger partial charge in [0.15, 0.2) is 5.78 Å². The number of nitriles is 1. The predicted octanol–water partition coefficient (Wildman–Crippen LogP) is 3.58. The van der Waals surface area contributed by atoms with Gasteiger partial charge in [0.1, 0.15) is 5.82 Å². The lowest BCUT2D eigenvalue weighted by molar-refractivity contribution is -0.129. The molecule has 152 valence electrons. The van der Waals surface area contributed by atoms with Gasteiger partial charge in [0, 0.05) is 30.1 Å². The molecule has 0 bridgehead atoms. The number of rotatable bonds is 9. The lowest BCUT2D eigenvalue weighted by Crippen LogP contribution is -2.37. The molecular weight excluding hydrogens is 389 g/mol. The summed E-state index contributed by atoms with van der Waals surface area (Å²) in [6, 6.07) is 13.5. The van der Waals surface area contributed by atoms with Crippen LogP contribution in [0, 0.1) is 17.1 Å². The fraction of sp³-hybridized carbons (Fsp3) is 0.318. The summed E-state index contributed by atoms with van der Waals surface area (Å²) in [5.41, 5.74) is 1.81. The number of benzene rings is 2. The van der Waals surface area contributed by atoms with Gasteiger partial charge in [-0.3, -0.25) is 9.59 Å². The summed E-state index contributed by atoms with van der Waals surface area (Å²) in [7, 11) is 3.87. The SMILES string of the molecule is CC(=O)c1ccc(SCC(=O)N(CCN(C)C)Cc2ccc(C#N)cc2)c(F)c1. The number of carbonyl (C=O) groups is 2.